The maximum Gasteiger partial charge on any atom is 0.131 e. The zero-order valence-electron chi connectivity index (χ0n) is 9.50. The summed E-state index contributed by atoms with van der Waals surface area (Å²) in [4.78, 5) is 0. The normalized spacial score (nSPS) is 10.5. The Morgan fingerprint density at radius 2 is 1.88 bits per heavy atom. The molecular weight excluding hydrogens is 237 g/mol. The van der Waals surface area contributed by atoms with Crippen LogP contribution in [0.15, 0.2) is 42.5 Å². The van der Waals surface area contributed by atoms with Gasteiger partial charge < -0.3 is 5.32 Å². The monoisotopic (exact) mass is 249 g/mol. The molecule has 0 saturated heterocycles. The van der Waals surface area contributed by atoms with Crippen LogP contribution in [0.2, 0.25) is 5.02 Å². The van der Waals surface area contributed by atoms with Gasteiger partial charge in [-0.15, -0.1) is 0 Å². The molecule has 1 nitrogen and oxygen atoms in total. The molecule has 0 atom stereocenters. The van der Waals surface area contributed by atoms with Gasteiger partial charge in [-0.05, 0) is 24.7 Å². The van der Waals surface area contributed by atoms with Crippen LogP contribution >= 0.6 is 11.6 Å². The first-order valence-corrected chi connectivity index (χ1v) is 5.78. The van der Waals surface area contributed by atoms with Crippen molar-refractivity contribution in [1.29, 1.82) is 0 Å². The SMILES string of the molecule is CNCc1ccc(-c2ccccc2Cl)c(F)c1. The number of hydrogen-bond donors (Lipinski definition) is 1. The van der Waals surface area contributed by atoms with Crippen molar-refractivity contribution in [3.05, 3.63) is 58.9 Å². The molecular formula is C14H13ClFN. The van der Waals surface area contributed by atoms with Crippen molar-refractivity contribution < 1.29 is 4.39 Å². The molecule has 0 aromatic heterocycles. The van der Waals surface area contributed by atoms with E-state index in [2.05, 4.69) is 5.32 Å². The van der Waals surface area contributed by atoms with E-state index in [1.54, 1.807) is 12.1 Å². The summed E-state index contributed by atoms with van der Waals surface area (Å²) in [5, 5.41) is 3.55. The van der Waals surface area contributed by atoms with E-state index in [-0.39, 0.29) is 5.82 Å². The lowest BCUT2D eigenvalue weighted by Gasteiger charge is -2.07. The Hall–Kier alpha value is -1.38. The highest BCUT2D eigenvalue weighted by Crippen LogP contribution is 2.29. The third-order valence-electron chi connectivity index (χ3n) is 2.58. The molecule has 3 heteroatoms. The molecule has 0 unspecified atom stereocenters. The van der Waals surface area contributed by atoms with E-state index in [4.69, 9.17) is 11.6 Å². The van der Waals surface area contributed by atoms with Gasteiger partial charge >= 0.3 is 0 Å². The fraction of sp³-hybridized carbons (Fsp3) is 0.143. The van der Waals surface area contributed by atoms with Gasteiger partial charge in [0.25, 0.3) is 0 Å². The minimum Gasteiger partial charge on any atom is -0.316 e. The summed E-state index contributed by atoms with van der Waals surface area (Å²) < 4.78 is 14.0. The summed E-state index contributed by atoms with van der Waals surface area (Å²) in [7, 11) is 1.83. The predicted molar refractivity (Wildman–Crippen MR) is 69.6 cm³/mol. The lowest BCUT2D eigenvalue weighted by Crippen LogP contribution is -2.05. The molecule has 2 aromatic rings. The zero-order chi connectivity index (χ0) is 12.3. The van der Waals surface area contributed by atoms with Crippen molar-refractivity contribution in [3.63, 3.8) is 0 Å². The summed E-state index contributed by atoms with van der Waals surface area (Å²) in [6.45, 7) is 0.653. The minimum atomic E-state index is -0.245. The molecule has 0 aliphatic rings. The minimum absolute atomic E-state index is 0.245. The number of halogens is 2. The van der Waals surface area contributed by atoms with Crippen LogP contribution in [0.4, 0.5) is 4.39 Å². The molecule has 0 spiro atoms. The summed E-state index contributed by atoms with van der Waals surface area (Å²) >= 11 is 6.05. The zero-order valence-corrected chi connectivity index (χ0v) is 10.3. The lowest BCUT2D eigenvalue weighted by atomic mass is 10.0. The van der Waals surface area contributed by atoms with Crippen molar-refractivity contribution in [2.24, 2.45) is 0 Å². The van der Waals surface area contributed by atoms with E-state index in [0.29, 0.717) is 17.1 Å². The standard InChI is InChI=1S/C14H13ClFN/c1-17-9-10-6-7-12(14(16)8-10)11-4-2-3-5-13(11)15/h2-8,17H,9H2,1H3. The highest BCUT2D eigenvalue weighted by molar-refractivity contribution is 6.33. The van der Waals surface area contributed by atoms with Gasteiger partial charge in [-0.25, -0.2) is 4.39 Å². The van der Waals surface area contributed by atoms with Crippen molar-refractivity contribution in [1.82, 2.24) is 5.32 Å². The van der Waals surface area contributed by atoms with E-state index in [0.717, 1.165) is 11.1 Å². The average Bonchev–Trinajstić information content (AvgIpc) is 2.31. The second kappa shape index (κ2) is 5.30. The first-order chi connectivity index (χ1) is 8.22. The largest absolute Gasteiger partial charge is 0.316 e. The quantitative estimate of drug-likeness (QED) is 0.871. The van der Waals surface area contributed by atoms with Crippen LogP contribution in [-0.4, -0.2) is 7.05 Å². The Balaban J connectivity index is 2.44. The molecule has 0 aliphatic heterocycles. The molecule has 0 heterocycles. The van der Waals surface area contributed by atoms with Crippen LogP contribution < -0.4 is 5.32 Å². The molecule has 0 fully saturated rings. The molecule has 0 bridgehead atoms. The number of nitrogens with one attached hydrogen (secondary N) is 1. The Morgan fingerprint density at radius 1 is 1.12 bits per heavy atom. The van der Waals surface area contributed by atoms with Gasteiger partial charge in [0.05, 0.1) is 0 Å². The van der Waals surface area contributed by atoms with E-state index >= 15 is 0 Å². The van der Waals surface area contributed by atoms with Crippen molar-refractivity contribution in [3.8, 4) is 11.1 Å². The Kier molecular flexibility index (Phi) is 3.77. The van der Waals surface area contributed by atoms with Crippen molar-refractivity contribution in [2.45, 2.75) is 6.54 Å². The molecule has 0 radical (unpaired) electrons. The van der Waals surface area contributed by atoms with E-state index in [1.807, 2.05) is 31.3 Å². The molecule has 1 N–H and O–H groups in total. The first-order valence-electron chi connectivity index (χ1n) is 5.40. The maximum absolute atomic E-state index is 14.0. The van der Waals surface area contributed by atoms with E-state index in [1.165, 1.54) is 6.07 Å². The van der Waals surface area contributed by atoms with E-state index in [9.17, 15) is 4.39 Å². The Morgan fingerprint density at radius 3 is 2.53 bits per heavy atom. The third kappa shape index (κ3) is 2.65. The fourth-order valence-electron chi connectivity index (χ4n) is 1.77. The fourth-order valence-corrected chi connectivity index (χ4v) is 2.01. The van der Waals surface area contributed by atoms with Gasteiger partial charge in [-0.3, -0.25) is 0 Å². The van der Waals surface area contributed by atoms with Gasteiger partial charge in [0, 0.05) is 22.7 Å². The summed E-state index contributed by atoms with van der Waals surface area (Å²) in [6, 6.07) is 12.5. The topological polar surface area (TPSA) is 12.0 Å². The smallest absolute Gasteiger partial charge is 0.131 e. The summed E-state index contributed by atoms with van der Waals surface area (Å²) in [6.07, 6.45) is 0. The van der Waals surface area contributed by atoms with Crippen molar-refractivity contribution in [2.75, 3.05) is 7.05 Å². The molecule has 17 heavy (non-hydrogen) atoms. The number of hydrogen-bond acceptors (Lipinski definition) is 1. The molecule has 2 rings (SSSR count). The second-order valence-corrected chi connectivity index (χ2v) is 4.23. The van der Waals surface area contributed by atoms with E-state index < -0.39 is 0 Å². The first kappa shape index (κ1) is 12.1. The predicted octanol–water partition coefficient (Wildman–Crippen LogP) is 3.87. The number of rotatable bonds is 3. The van der Waals surface area contributed by atoms with Gasteiger partial charge in [0.1, 0.15) is 5.82 Å². The number of benzene rings is 2. The molecule has 0 amide bonds. The third-order valence-corrected chi connectivity index (χ3v) is 2.91. The maximum atomic E-state index is 14.0. The van der Waals surface area contributed by atoms with Crippen LogP contribution in [0, 0.1) is 5.82 Å². The second-order valence-electron chi connectivity index (χ2n) is 3.82. The van der Waals surface area contributed by atoms with Crippen LogP contribution in [0.3, 0.4) is 0 Å². The molecule has 2 aromatic carbocycles. The average molecular weight is 250 g/mol. The van der Waals surface area contributed by atoms with Crippen LogP contribution in [0.1, 0.15) is 5.56 Å². The lowest BCUT2D eigenvalue weighted by molar-refractivity contribution is 0.627. The Labute approximate surface area is 105 Å². The molecule has 0 saturated carbocycles. The Bertz CT molecular complexity index is 525. The molecule has 0 aliphatic carbocycles. The van der Waals surface area contributed by atoms with Crippen molar-refractivity contribution >= 4 is 11.6 Å². The highest BCUT2D eigenvalue weighted by Gasteiger charge is 2.08. The highest BCUT2D eigenvalue weighted by atomic mass is 35.5. The van der Waals surface area contributed by atoms with Gasteiger partial charge in [-0.2, -0.15) is 0 Å². The molecule has 88 valence electrons. The van der Waals surface area contributed by atoms with Gasteiger partial charge in [0.2, 0.25) is 0 Å². The summed E-state index contributed by atoms with van der Waals surface area (Å²) in [5.74, 6) is -0.245. The van der Waals surface area contributed by atoms with Gasteiger partial charge in [0.15, 0.2) is 0 Å². The van der Waals surface area contributed by atoms with Crippen LogP contribution in [-0.2, 0) is 6.54 Å². The van der Waals surface area contributed by atoms with Gasteiger partial charge in [-0.1, -0.05) is 41.9 Å². The summed E-state index contributed by atoms with van der Waals surface area (Å²) in [5.41, 5.74) is 2.18. The van der Waals surface area contributed by atoms with Crippen LogP contribution in [0.5, 0.6) is 0 Å². The van der Waals surface area contributed by atoms with Crippen LogP contribution in [0.25, 0.3) is 11.1 Å².